The van der Waals surface area contributed by atoms with Crippen LogP contribution in [0.15, 0.2) is 60.7 Å². The normalized spacial score (nSPS) is 13.1. The van der Waals surface area contributed by atoms with E-state index in [2.05, 4.69) is 19.7 Å². The molecule has 0 spiro atoms. The lowest BCUT2D eigenvalue weighted by atomic mass is 9.99. The molecule has 1 unspecified atom stereocenters. The molecule has 3 aromatic rings. The number of amides is 2. The Labute approximate surface area is 206 Å². The number of hydrogen-bond donors (Lipinski definition) is 3. The van der Waals surface area contributed by atoms with Crippen molar-refractivity contribution in [2.45, 2.75) is 18.7 Å². The molecule has 0 bridgehead atoms. The van der Waals surface area contributed by atoms with E-state index in [4.69, 9.17) is 11.6 Å². The van der Waals surface area contributed by atoms with Crippen LogP contribution in [0.5, 0.6) is 0 Å². The Morgan fingerprint density at radius 1 is 0.943 bits per heavy atom. The summed E-state index contributed by atoms with van der Waals surface area (Å²) in [5.74, 6) is -4.90. The second-order valence-electron chi connectivity index (χ2n) is 7.58. The van der Waals surface area contributed by atoms with Gasteiger partial charge in [0.25, 0.3) is 11.8 Å². The molecule has 0 aliphatic rings. The number of benzene rings is 3. The number of fused-ring (bicyclic) bond motifs is 1. The molecule has 3 rings (SSSR count). The molecule has 0 radical (unpaired) electrons. The van der Waals surface area contributed by atoms with Crippen LogP contribution in [-0.4, -0.2) is 42.9 Å². The Balaban J connectivity index is 1.78. The number of hydrogen-bond acceptors (Lipinski definition) is 6. The lowest BCUT2D eigenvalue weighted by molar-refractivity contribution is -0.137. The van der Waals surface area contributed by atoms with E-state index in [1.165, 1.54) is 18.2 Å². The molecule has 3 N–H and O–H groups in total. The topological polar surface area (TPSA) is 131 Å². The van der Waals surface area contributed by atoms with Gasteiger partial charge in [-0.1, -0.05) is 54.1 Å². The third-order valence-electron chi connectivity index (χ3n) is 5.44. The molecule has 9 nitrogen and oxygen atoms in total. The molecular formula is C24H24ClN2O7P. The van der Waals surface area contributed by atoms with Gasteiger partial charge in [-0.05, 0) is 41.5 Å². The standard InChI is InChI=1S/C24H24ClN2O7P/c1-14(17-10-6-8-15-7-4-5-9-18(15)17)26-21(28)16-11-12-19(20(25)13-16)22(29)27-23(24(30)31)35(32,33-2)34-3/h4-14,23H,1-3H3,(H,26,28)(H,27,29)(H,30,31)/t14-,23?/m1/s1. The number of nitrogens with one attached hydrogen (secondary N) is 2. The van der Waals surface area contributed by atoms with Crippen LogP contribution in [0.25, 0.3) is 10.8 Å². The van der Waals surface area contributed by atoms with E-state index in [1.807, 2.05) is 49.4 Å². The highest BCUT2D eigenvalue weighted by Crippen LogP contribution is 2.50. The second-order valence-corrected chi connectivity index (χ2v) is 10.3. The van der Waals surface area contributed by atoms with Crippen LogP contribution in [-0.2, 0) is 18.4 Å². The summed E-state index contributed by atoms with van der Waals surface area (Å²) in [7, 11) is -2.15. The Kier molecular flexibility index (Phi) is 8.30. The van der Waals surface area contributed by atoms with Crippen LogP contribution >= 0.6 is 19.2 Å². The molecule has 11 heteroatoms. The van der Waals surface area contributed by atoms with Gasteiger partial charge in [-0.15, -0.1) is 0 Å². The van der Waals surface area contributed by atoms with Crippen LogP contribution in [0.4, 0.5) is 0 Å². The van der Waals surface area contributed by atoms with E-state index in [9.17, 15) is 24.1 Å². The Hall–Kier alpha value is -3.23. The van der Waals surface area contributed by atoms with E-state index in [0.29, 0.717) is 0 Å². The highest BCUT2D eigenvalue weighted by molar-refractivity contribution is 7.55. The molecule has 0 aliphatic heterocycles. The maximum Gasteiger partial charge on any atom is 0.363 e. The van der Waals surface area contributed by atoms with Crippen LogP contribution in [0, 0.1) is 0 Å². The van der Waals surface area contributed by atoms with Gasteiger partial charge in [-0.2, -0.15) is 0 Å². The summed E-state index contributed by atoms with van der Waals surface area (Å²) in [6.07, 6.45) is 0. The van der Waals surface area contributed by atoms with Crippen LogP contribution in [0.1, 0.15) is 39.2 Å². The summed E-state index contributed by atoms with van der Waals surface area (Å²) in [5.41, 5.74) is 1.03. The predicted octanol–water partition coefficient (Wildman–Crippen LogP) is 4.61. The average molecular weight is 519 g/mol. The predicted molar refractivity (Wildman–Crippen MR) is 132 cm³/mol. The first-order valence-electron chi connectivity index (χ1n) is 10.4. The van der Waals surface area contributed by atoms with Gasteiger partial charge in [-0.3, -0.25) is 14.2 Å². The fourth-order valence-electron chi connectivity index (χ4n) is 3.59. The molecule has 0 saturated carbocycles. The summed E-state index contributed by atoms with van der Waals surface area (Å²) in [4.78, 5) is 37.0. The third-order valence-corrected chi connectivity index (χ3v) is 7.75. The zero-order chi connectivity index (χ0) is 25.8. The van der Waals surface area contributed by atoms with Gasteiger partial charge in [0.2, 0.25) is 5.78 Å². The van der Waals surface area contributed by atoms with Crippen molar-refractivity contribution in [1.29, 1.82) is 0 Å². The lowest BCUT2D eigenvalue weighted by Crippen LogP contribution is -2.41. The fourth-order valence-corrected chi connectivity index (χ4v) is 4.97. The van der Waals surface area contributed by atoms with Crippen molar-refractivity contribution in [1.82, 2.24) is 10.6 Å². The highest BCUT2D eigenvalue weighted by Gasteiger charge is 2.41. The minimum absolute atomic E-state index is 0.0956. The molecule has 35 heavy (non-hydrogen) atoms. The number of aliphatic carboxylic acids is 1. The monoisotopic (exact) mass is 518 g/mol. The SMILES string of the molecule is COP(=O)(OC)C(NC(=O)c1ccc(C(=O)N[C@H](C)c2cccc3ccccc23)cc1Cl)C(=O)O. The molecule has 0 saturated heterocycles. The summed E-state index contributed by atoms with van der Waals surface area (Å²) in [6, 6.07) is 17.3. The maximum atomic E-state index is 12.9. The summed E-state index contributed by atoms with van der Waals surface area (Å²) >= 11 is 6.23. The number of carbonyl (C=O) groups excluding carboxylic acids is 2. The van der Waals surface area contributed by atoms with E-state index in [1.54, 1.807) is 0 Å². The van der Waals surface area contributed by atoms with Gasteiger partial charge in [0.05, 0.1) is 16.6 Å². The van der Waals surface area contributed by atoms with E-state index >= 15 is 0 Å². The lowest BCUT2D eigenvalue weighted by Gasteiger charge is -2.22. The number of carbonyl (C=O) groups is 3. The van der Waals surface area contributed by atoms with Gasteiger partial charge in [-0.25, -0.2) is 4.79 Å². The minimum Gasteiger partial charge on any atom is -0.479 e. The van der Waals surface area contributed by atoms with E-state index in [0.717, 1.165) is 30.6 Å². The van der Waals surface area contributed by atoms with E-state index < -0.39 is 31.2 Å². The van der Waals surface area contributed by atoms with Crippen molar-refractivity contribution in [2.24, 2.45) is 0 Å². The van der Waals surface area contributed by atoms with Crippen molar-refractivity contribution >= 4 is 47.8 Å². The van der Waals surface area contributed by atoms with Crippen molar-refractivity contribution in [3.8, 4) is 0 Å². The van der Waals surface area contributed by atoms with Crippen LogP contribution < -0.4 is 10.6 Å². The Morgan fingerprint density at radius 2 is 1.60 bits per heavy atom. The molecular weight excluding hydrogens is 495 g/mol. The smallest absolute Gasteiger partial charge is 0.363 e. The first kappa shape index (κ1) is 26.4. The second kappa shape index (κ2) is 11.0. The quantitative estimate of drug-likeness (QED) is 0.352. The average Bonchev–Trinajstić information content (AvgIpc) is 2.85. The Morgan fingerprint density at radius 3 is 2.23 bits per heavy atom. The van der Waals surface area contributed by atoms with Crippen LogP contribution in [0.3, 0.4) is 0 Å². The molecule has 3 aromatic carbocycles. The van der Waals surface area contributed by atoms with Gasteiger partial charge in [0.1, 0.15) is 0 Å². The molecule has 0 aliphatic carbocycles. The van der Waals surface area contributed by atoms with Crippen molar-refractivity contribution in [3.05, 3.63) is 82.4 Å². The summed E-state index contributed by atoms with van der Waals surface area (Å²) in [6.45, 7) is 1.86. The zero-order valence-corrected chi connectivity index (χ0v) is 20.8. The van der Waals surface area contributed by atoms with Gasteiger partial charge in [0, 0.05) is 19.8 Å². The summed E-state index contributed by atoms with van der Waals surface area (Å²) < 4.78 is 21.8. The maximum absolute atomic E-state index is 12.9. The molecule has 0 heterocycles. The van der Waals surface area contributed by atoms with Crippen molar-refractivity contribution < 1.29 is 33.1 Å². The fraction of sp³-hybridized carbons (Fsp3) is 0.208. The van der Waals surface area contributed by atoms with E-state index in [-0.39, 0.29) is 22.2 Å². The third kappa shape index (κ3) is 5.71. The van der Waals surface area contributed by atoms with Gasteiger partial charge >= 0.3 is 13.6 Å². The minimum atomic E-state index is -4.16. The first-order valence-corrected chi connectivity index (χ1v) is 12.4. The number of carboxylic acid groups (broad SMARTS) is 1. The Bertz CT molecular complexity index is 1320. The molecule has 2 amide bonds. The van der Waals surface area contributed by atoms with Gasteiger partial charge in [0.15, 0.2) is 0 Å². The largest absolute Gasteiger partial charge is 0.479 e. The highest BCUT2D eigenvalue weighted by atomic mass is 35.5. The molecule has 0 aromatic heterocycles. The van der Waals surface area contributed by atoms with Gasteiger partial charge < -0.3 is 24.8 Å². The van der Waals surface area contributed by atoms with Crippen LogP contribution in [0.2, 0.25) is 5.02 Å². The first-order chi connectivity index (χ1) is 16.6. The van der Waals surface area contributed by atoms with Crippen molar-refractivity contribution in [3.63, 3.8) is 0 Å². The zero-order valence-electron chi connectivity index (χ0n) is 19.2. The molecule has 184 valence electrons. The number of halogens is 1. The summed E-state index contributed by atoms with van der Waals surface area (Å²) in [5, 5.41) is 16.4. The van der Waals surface area contributed by atoms with Crippen molar-refractivity contribution in [2.75, 3.05) is 14.2 Å². The number of carboxylic acids is 1. The molecule has 0 fully saturated rings. The number of rotatable bonds is 9. The molecule has 2 atom stereocenters.